The summed E-state index contributed by atoms with van der Waals surface area (Å²) in [7, 11) is 0. The lowest BCUT2D eigenvalue weighted by Gasteiger charge is -2.18. The first-order valence-electron chi connectivity index (χ1n) is 6.15. The first kappa shape index (κ1) is 12.3. The van der Waals surface area contributed by atoms with Gasteiger partial charge in [-0.25, -0.2) is 0 Å². The van der Waals surface area contributed by atoms with Crippen molar-refractivity contribution in [2.75, 3.05) is 17.2 Å². The number of hydrogen-bond donors (Lipinski definition) is 2. The number of benzene rings is 1. The second-order valence-corrected chi connectivity index (χ2v) is 5.31. The maximum Gasteiger partial charge on any atom is 0.292 e. The standard InChI is InChI=1S/C14H13BrN2O2/c15-11-5-7-19-13(11)14(18)17-10-3-4-12-9(8-10)2-1-6-16-12/h3-5,7-8,16H,1-2,6H2,(H,17,18). The average Bonchev–Trinajstić information content (AvgIpc) is 2.85. The SMILES string of the molecule is O=C(Nc1ccc2c(c1)CCCN2)c1occc1Br. The smallest absolute Gasteiger partial charge is 0.292 e. The third-order valence-corrected chi connectivity index (χ3v) is 3.75. The third kappa shape index (κ3) is 2.51. The van der Waals surface area contributed by atoms with Crippen molar-refractivity contribution < 1.29 is 9.21 Å². The maximum absolute atomic E-state index is 12.0. The molecule has 2 aromatic rings. The molecule has 0 spiro atoms. The molecule has 1 aliphatic rings. The van der Waals surface area contributed by atoms with Crippen molar-refractivity contribution >= 4 is 33.2 Å². The van der Waals surface area contributed by atoms with Gasteiger partial charge in [0.25, 0.3) is 5.91 Å². The van der Waals surface area contributed by atoms with E-state index in [0.29, 0.717) is 4.47 Å². The van der Waals surface area contributed by atoms with Gasteiger partial charge in [-0.2, -0.15) is 0 Å². The largest absolute Gasteiger partial charge is 0.458 e. The van der Waals surface area contributed by atoms with Crippen molar-refractivity contribution in [1.29, 1.82) is 0 Å². The maximum atomic E-state index is 12.0. The molecule has 98 valence electrons. The summed E-state index contributed by atoms with van der Waals surface area (Å²) in [4.78, 5) is 12.0. The molecule has 0 radical (unpaired) electrons. The Bertz CT molecular complexity index is 622. The second kappa shape index (κ2) is 5.09. The molecule has 3 rings (SSSR count). The summed E-state index contributed by atoms with van der Waals surface area (Å²) in [6, 6.07) is 7.61. The van der Waals surface area contributed by atoms with Gasteiger partial charge < -0.3 is 15.1 Å². The zero-order valence-corrected chi connectivity index (χ0v) is 11.8. The highest BCUT2D eigenvalue weighted by Crippen LogP contribution is 2.26. The minimum absolute atomic E-state index is 0.249. The van der Waals surface area contributed by atoms with E-state index >= 15 is 0 Å². The topological polar surface area (TPSA) is 54.3 Å². The second-order valence-electron chi connectivity index (χ2n) is 4.45. The summed E-state index contributed by atoms with van der Waals surface area (Å²) in [5, 5.41) is 6.19. The van der Waals surface area contributed by atoms with E-state index in [2.05, 4.69) is 26.6 Å². The first-order valence-corrected chi connectivity index (χ1v) is 6.94. The summed E-state index contributed by atoms with van der Waals surface area (Å²) in [6.45, 7) is 1.01. The zero-order valence-electron chi connectivity index (χ0n) is 10.2. The van der Waals surface area contributed by atoms with E-state index < -0.39 is 0 Å². The molecule has 0 saturated carbocycles. The molecule has 2 heterocycles. The number of nitrogens with one attached hydrogen (secondary N) is 2. The van der Waals surface area contributed by atoms with Crippen molar-refractivity contribution in [3.63, 3.8) is 0 Å². The highest BCUT2D eigenvalue weighted by atomic mass is 79.9. The van der Waals surface area contributed by atoms with Crippen molar-refractivity contribution in [1.82, 2.24) is 0 Å². The van der Waals surface area contributed by atoms with E-state index in [1.165, 1.54) is 11.8 Å². The summed E-state index contributed by atoms with van der Waals surface area (Å²) < 4.78 is 5.80. The van der Waals surface area contributed by atoms with Crippen LogP contribution in [0.25, 0.3) is 0 Å². The number of fused-ring (bicyclic) bond motifs is 1. The Labute approximate surface area is 119 Å². The van der Waals surface area contributed by atoms with Crippen LogP contribution in [0, 0.1) is 0 Å². The molecule has 0 saturated heterocycles. The molecule has 5 heteroatoms. The molecular formula is C14H13BrN2O2. The molecular weight excluding hydrogens is 308 g/mol. The van der Waals surface area contributed by atoms with Gasteiger partial charge in [0.1, 0.15) is 0 Å². The van der Waals surface area contributed by atoms with Crippen molar-refractivity contribution in [3.8, 4) is 0 Å². The lowest BCUT2D eigenvalue weighted by molar-refractivity contribution is 0.0995. The van der Waals surface area contributed by atoms with E-state index in [-0.39, 0.29) is 11.7 Å². The van der Waals surface area contributed by atoms with Crippen LogP contribution in [0.4, 0.5) is 11.4 Å². The molecule has 0 unspecified atom stereocenters. The van der Waals surface area contributed by atoms with Crippen LogP contribution in [0.2, 0.25) is 0 Å². The van der Waals surface area contributed by atoms with Gasteiger partial charge in [-0.3, -0.25) is 4.79 Å². The molecule has 19 heavy (non-hydrogen) atoms. The average molecular weight is 321 g/mol. The quantitative estimate of drug-likeness (QED) is 0.888. The number of hydrogen-bond acceptors (Lipinski definition) is 3. The first-order chi connectivity index (χ1) is 9.24. The highest BCUT2D eigenvalue weighted by molar-refractivity contribution is 9.10. The number of furan rings is 1. The minimum atomic E-state index is -0.249. The molecule has 1 amide bonds. The Hall–Kier alpha value is -1.75. The summed E-state index contributed by atoms with van der Waals surface area (Å²) in [5.41, 5.74) is 3.18. The number of carbonyl (C=O) groups excluding carboxylic acids is 1. The fourth-order valence-electron chi connectivity index (χ4n) is 2.20. The van der Waals surface area contributed by atoms with Crippen LogP contribution in [0.5, 0.6) is 0 Å². The van der Waals surface area contributed by atoms with Crippen LogP contribution in [-0.2, 0) is 6.42 Å². The lowest BCUT2D eigenvalue weighted by atomic mass is 10.0. The molecule has 0 bridgehead atoms. The molecule has 2 N–H and O–H groups in total. The fraction of sp³-hybridized carbons (Fsp3) is 0.214. The number of halogens is 1. The number of amides is 1. The Morgan fingerprint density at radius 3 is 3.05 bits per heavy atom. The van der Waals surface area contributed by atoms with Gasteiger partial charge in [-0.1, -0.05) is 0 Å². The van der Waals surface area contributed by atoms with Crippen LogP contribution in [0.1, 0.15) is 22.5 Å². The normalized spacial score (nSPS) is 13.5. The molecule has 1 aliphatic heterocycles. The van der Waals surface area contributed by atoms with E-state index in [1.54, 1.807) is 6.07 Å². The number of carbonyl (C=O) groups is 1. The van der Waals surface area contributed by atoms with E-state index in [9.17, 15) is 4.79 Å². The third-order valence-electron chi connectivity index (χ3n) is 3.12. The van der Waals surface area contributed by atoms with Crippen LogP contribution in [-0.4, -0.2) is 12.5 Å². The highest BCUT2D eigenvalue weighted by Gasteiger charge is 2.15. The van der Waals surface area contributed by atoms with Gasteiger partial charge in [0.2, 0.25) is 5.76 Å². The van der Waals surface area contributed by atoms with Crippen LogP contribution < -0.4 is 10.6 Å². The molecule has 1 aromatic carbocycles. The lowest BCUT2D eigenvalue weighted by Crippen LogP contribution is -2.14. The Morgan fingerprint density at radius 1 is 1.37 bits per heavy atom. The van der Waals surface area contributed by atoms with E-state index in [0.717, 1.165) is 30.8 Å². The van der Waals surface area contributed by atoms with E-state index in [1.807, 2.05) is 18.2 Å². The Kier molecular flexibility index (Phi) is 3.29. The van der Waals surface area contributed by atoms with Gasteiger partial charge in [0.15, 0.2) is 0 Å². The zero-order chi connectivity index (χ0) is 13.2. The molecule has 0 atom stereocenters. The number of aryl methyl sites for hydroxylation is 1. The number of anilines is 2. The molecule has 4 nitrogen and oxygen atoms in total. The monoisotopic (exact) mass is 320 g/mol. The predicted octanol–water partition coefficient (Wildman–Crippen LogP) is 3.65. The van der Waals surface area contributed by atoms with Crippen LogP contribution in [0.15, 0.2) is 39.4 Å². The molecule has 0 fully saturated rings. The van der Waals surface area contributed by atoms with Gasteiger partial charge in [-0.15, -0.1) is 0 Å². The summed E-state index contributed by atoms with van der Waals surface area (Å²) >= 11 is 3.28. The summed E-state index contributed by atoms with van der Waals surface area (Å²) in [5.74, 6) is 0.0384. The van der Waals surface area contributed by atoms with Crippen molar-refractivity contribution in [2.24, 2.45) is 0 Å². The van der Waals surface area contributed by atoms with E-state index in [4.69, 9.17) is 4.42 Å². The van der Waals surface area contributed by atoms with Crippen molar-refractivity contribution in [2.45, 2.75) is 12.8 Å². The van der Waals surface area contributed by atoms with Crippen molar-refractivity contribution in [3.05, 3.63) is 46.3 Å². The molecule has 0 aliphatic carbocycles. The minimum Gasteiger partial charge on any atom is -0.458 e. The fourth-order valence-corrected chi connectivity index (χ4v) is 2.58. The van der Waals surface area contributed by atoms with Crippen LogP contribution in [0.3, 0.4) is 0 Å². The Morgan fingerprint density at radius 2 is 2.26 bits per heavy atom. The van der Waals surface area contributed by atoms with Gasteiger partial charge in [0, 0.05) is 17.9 Å². The predicted molar refractivity (Wildman–Crippen MR) is 77.6 cm³/mol. The van der Waals surface area contributed by atoms with Crippen LogP contribution >= 0.6 is 15.9 Å². The molecule has 1 aromatic heterocycles. The number of rotatable bonds is 2. The van der Waals surface area contributed by atoms with Gasteiger partial charge in [-0.05, 0) is 58.6 Å². The van der Waals surface area contributed by atoms with Gasteiger partial charge in [0.05, 0.1) is 10.7 Å². The summed E-state index contributed by atoms with van der Waals surface area (Å²) in [6.07, 6.45) is 3.64. The Balaban J connectivity index is 1.80. The van der Waals surface area contributed by atoms with Gasteiger partial charge >= 0.3 is 0 Å².